The van der Waals surface area contributed by atoms with E-state index in [9.17, 15) is 10.2 Å². The van der Waals surface area contributed by atoms with E-state index in [0.717, 1.165) is 41.3 Å². The Labute approximate surface area is 281 Å². The lowest BCUT2D eigenvalue weighted by Gasteiger charge is -2.45. The van der Waals surface area contributed by atoms with Crippen LogP contribution < -0.4 is 0 Å². The number of aliphatic hydroxyl groups is 2. The van der Waals surface area contributed by atoms with E-state index in [-0.39, 0.29) is 0 Å². The second-order valence-electron chi connectivity index (χ2n) is 11.9. The van der Waals surface area contributed by atoms with Crippen LogP contribution in [0.25, 0.3) is 0 Å². The van der Waals surface area contributed by atoms with Gasteiger partial charge in [-0.05, 0) is 76.4 Å². The molecule has 0 aliphatic heterocycles. The van der Waals surface area contributed by atoms with Crippen LogP contribution in [-0.2, 0) is 30.5 Å². The highest BCUT2D eigenvalue weighted by Crippen LogP contribution is 2.54. The summed E-state index contributed by atoms with van der Waals surface area (Å²) in [5.41, 5.74) is 4.88. The van der Waals surface area contributed by atoms with Crippen molar-refractivity contribution in [1.82, 2.24) is 0 Å². The minimum atomic E-state index is -1.50. The second kappa shape index (κ2) is 14.5. The number of hydrogen-bond acceptors (Lipinski definition) is 2. The zero-order chi connectivity index (χ0) is 32.0. The Balaban J connectivity index is 0.000000342. The van der Waals surface area contributed by atoms with Gasteiger partial charge in [-0.15, -0.1) is 0 Å². The van der Waals surface area contributed by atoms with Crippen LogP contribution in [0.15, 0.2) is 120 Å². The molecule has 2 N–H and O–H groups in total. The molecule has 2 atom stereocenters. The predicted molar refractivity (Wildman–Crippen MR) is 191 cm³/mol. The van der Waals surface area contributed by atoms with E-state index in [2.05, 4.69) is 85.2 Å². The van der Waals surface area contributed by atoms with E-state index in [4.69, 9.17) is 11.6 Å². The summed E-state index contributed by atoms with van der Waals surface area (Å²) in [6, 6.07) is 37.9. The molecule has 232 valence electrons. The molecule has 2 unspecified atom stereocenters. The molecule has 6 rings (SSSR count). The molecule has 0 fully saturated rings. The predicted octanol–water partition coefficient (Wildman–Crippen LogP) is 10.5. The summed E-state index contributed by atoms with van der Waals surface area (Å²) in [6.07, 6.45) is 6.51. The van der Waals surface area contributed by atoms with Crippen LogP contribution in [0, 0.1) is 0 Å². The second-order valence-corrected chi connectivity index (χ2v) is 13.2. The van der Waals surface area contributed by atoms with Gasteiger partial charge in [0.15, 0.2) is 0 Å². The number of aryl methyl sites for hydroxylation is 3. The van der Waals surface area contributed by atoms with E-state index in [0.29, 0.717) is 27.3 Å². The van der Waals surface area contributed by atoms with Gasteiger partial charge < -0.3 is 10.2 Å². The van der Waals surface area contributed by atoms with Crippen LogP contribution in [0.2, 0.25) is 5.02 Å². The number of benzene rings is 5. The summed E-state index contributed by atoms with van der Waals surface area (Å²) in [5.74, 6) is 0. The van der Waals surface area contributed by atoms with E-state index >= 15 is 0 Å². The molecule has 0 heterocycles. The average Bonchev–Trinajstić information content (AvgIpc) is 3.06. The van der Waals surface area contributed by atoms with Crippen molar-refractivity contribution in [2.45, 2.75) is 70.5 Å². The normalized spacial score (nSPS) is 18.4. The van der Waals surface area contributed by atoms with Gasteiger partial charge in [0, 0.05) is 20.6 Å². The first-order valence-corrected chi connectivity index (χ1v) is 17.2. The van der Waals surface area contributed by atoms with E-state index in [1.54, 1.807) is 6.07 Å². The van der Waals surface area contributed by atoms with Crippen molar-refractivity contribution in [3.05, 3.63) is 175 Å². The van der Waals surface area contributed by atoms with Crippen LogP contribution in [0.5, 0.6) is 0 Å². The fourth-order valence-corrected chi connectivity index (χ4v) is 7.12. The van der Waals surface area contributed by atoms with Gasteiger partial charge >= 0.3 is 0 Å². The first-order valence-electron chi connectivity index (χ1n) is 16.0. The largest absolute Gasteiger partial charge is 0.376 e. The summed E-state index contributed by atoms with van der Waals surface area (Å²) < 4.78 is 1.16. The number of rotatable bonds is 8. The number of hydrogen-bond donors (Lipinski definition) is 2. The van der Waals surface area contributed by atoms with Crippen LogP contribution in [0.3, 0.4) is 0 Å². The molecule has 0 radical (unpaired) electrons. The molecule has 0 spiro atoms. The van der Waals surface area contributed by atoms with Gasteiger partial charge in [-0.2, -0.15) is 0 Å². The molecule has 45 heavy (non-hydrogen) atoms. The summed E-state index contributed by atoms with van der Waals surface area (Å²) in [5, 5.41) is 25.5. The monoisotopic (exact) mass is 680 g/mol. The van der Waals surface area contributed by atoms with Crippen LogP contribution in [-0.4, -0.2) is 10.2 Å². The van der Waals surface area contributed by atoms with Gasteiger partial charge in [0.25, 0.3) is 0 Å². The first kappa shape index (κ1) is 33.2. The van der Waals surface area contributed by atoms with Crippen LogP contribution >= 0.6 is 27.5 Å². The molecule has 5 aromatic rings. The van der Waals surface area contributed by atoms with Crippen molar-refractivity contribution in [3.8, 4) is 0 Å². The van der Waals surface area contributed by atoms with E-state index in [1.807, 2.05) is 60.7 Å². The fraction of sp³-hybridized carbons (Fsp3) is 0.268. The SMILES string of the molecule is CCCc1ccc(Br)cc1.CCCc1ccc(C2(O)c3ccccc3C(O)(c3ccc(CCC)cc3)c3c(Cl)cccc32)cc1. The van der Waals surface area contributed by atoms with Gasteiger partial charge in [-0.3, -0.25) is 0 Å². The Kier molecular flexibility index (Phi) is 10.7. The van der Waals surface area contributed by atoms with Gasteiger partial charge in [-0.25, -0.2) is 0 Å². The third kappa shape index (κ3) is 6.55. The maximum absolute atomic E-state index is 12.5. The first-order chi connectivity index (χ1) is 21.8. The lowest BCUT2D eigenvalue weighted by atomic mass is 9.63. The maximum atomic E-state index is 12.5. The summed E-state index contributed by atoms with van der Waals surface area (Å²) in [6.45, 7) is 6.51. The lowest BCUT2D eigenvalue weighted by Crippen LogP contribution is -2.44. The van der Waals surface area contributed by atoms with Crippen LogP contribution in [0.4, 0.5) is 0 Å². The number of halogens is 2. The topological polar surface area (TPSA) is 40.5 Å². The minimum Gasteiger partial charge on any atom is -0.376 e. The molecular weight excluding hydrogens is 640 g/mol. The molecule has 4 heteroatoms. The Hall–Kier alpha value is -3.21. The average molecular weight is 682 g/mol. The third-order valence-corrected chi connectivity index (χ3v) is 9.59. The highest BCUT2D eigenvalue weighted by molar-refractivity contribution is 9.10. The van der Waals surface area contributed by atoms with Crippen molar-refractivity contribution in [2.24, 2.45) is 0 Å². The van der Waals surface area contributed by atoms with Crippen molar-refractivity contribution < 1.29 is 10.2 Å². The Morgan fingerprint density at radius 3 is 1.38 bits per heavy atom. The Morgan fingerprint density at radius 1 is 0.511 bits per heavy atom. The van der Waals surface area contributed by atoms with Crippen molar-refractivity contribution in [2.75, 3.05) is 0 Å². The van der Waals surface area contributed by atoms with E-state index in [1.165, 1.54) is 29.5 Å². The Bertz CT molecular complexity index is 1710. The molecule has 0 saturated carbocycles. The molecule has 2 nitrogen and oxygen atoms in total. The Morgan fingerprint density at radius 2 is 0.911 bits per heavy atom. The van der Waals surface area contributed by atoms with Crippen molar-refractivity contribution in [3.63, 3.8) is 0 Å². The quantitative estimate of drug-likeness (QED) is 0.171. The van der Waals surface area contributed by atoms with Gasteiger partial charge in [0.05, 0.1) is 0 Å². The molecule has 0 aromatic heterocycles. The lowest BCUT2D eigenvalue weighted by molar-refractivity contribution is 0.0748. The van der Waals surface area contributed by atoms with Gasteiger partial charge in [0.2, 0.25) is 0 Å². The molecule has 0 saturated heterocycles. The number of fused-ring (bicyclic) bond motifs is 2. The molecule has 0 bridgehead atoms. The van der Waals surface area contributed by atoms with Crippen LogP contribution in [0.1, 0.15) is 90.1 Å². The maximum Gasteiger partial charge on any atom is 0.142 e. The highest BCUT2D eigenvalue weighted by Gasteiger charge is 2.51. The summed E-state index contributed by atoms with van der Waals surface area (Å²) in [7, 11) is 0. The van der Waals surface area contributed by atoms with Crippen molar-refractivity contribution >= 4 is 27.5 Å². The fourth-order valence-electron chi connectivity index (χ4n) is 6.54. The molecule has 1 aliphatic rings. The summed E-state index contributed by atoms with van der Waals surface area (Å²) >= 11 is 10.2. The molecule has 1 aliphatic carbocycles. The highest BCUT2D eigenvalue weighted by atomic mass is 79.9. The smallest absolute Gasteiger partial charge is 0.142 e. The minimum absolute atomic E-state index is 0.429. The molecule has 5 aromatic carbocycles. The zero-order valence-electron chi connectivity index (χ0n) is 26.4. The third-order valence-electron chi connectivity index (χ3n) is 8.74. The summed E-state index contributed by atoms with van der Waals surface area (Å²) in [4.78, 5) is 0. The van der Waals surface area contributed by atoms with Gasteiger partial charge in [0.1, 0.15) is 11.2 Å². The molecular formula is C41H42BrClO2. The standard InChI is InChI=1S/C32H31ClO2.C9H11Br/c1-3-8-22-14-18-24(19-15-22)31(34)26-10-5-6-11-27(26)32(35,30-28(31)12-7-13-29(30)33)25-20-16-23(9-4-2)17-21-25;1-2-3-8-4-6-9(10)7-5-8/h5-7,10-21,34-35H,3-4,8-9H2,1-2H3;4-7H,2-3H2,1H3. The van der Waals surface area contributed by atoms with E-state index < -0.39 is 11.2 Å². The van der Waals surface area contributed by atoms with Crippen molar-refractivity contribution in [1.29, 1.82) is 0 Å². The zero-order valence-corrected chi connectivity index (χ0v) is 28.7. The molecule has 0 amide bonds. The van der Waals surface area contributed by atoms with Gasteiger partial charge in [-0.1, -0.05) is 165 Å².